The summed E-state index contributed by atoms with van der Waals surface area (Å²) in [4.78, 5) is 37.5. The molecule has 0 saturated heterocycles. The molecule has 0 atom stereocenters. The number of hydrogen-bond acceptors (Lipinski definition) is 7. The van der Waals surface area contributed by atoms with E-state index in [4.69, 9.17) is 18.5 Å². The highest BCUT2D eigenvalue weighted by molar-refractivity contribution is 7.46. The van der Waals surface area contributed by atoms with Crippen LogP contribution in [0, 0.1) is 6.92 Å². The van der Waals surface area contributed by atoms with E-state index in [9.17, 15) is 24.1 Å². The fourth-order valence-electron chi connectivity index (χ4n) is 3.66. The predicted octanol–water partition coefficient (Wildman–Crippen LogP) is 6.99. The van der Waals surface area contributed by atoms with Gasteiger partial charge >= 0.3 is 16.4 Å². The molecular weight excluding hydrogens is 518 g/mol. The average molecular weight is 561 g/mol. The zero-order valence-electron chi connectivity index (χ0n) is 23.0. The zero-order valence-corrected chi connectivity index (χ0v) is 24.8. The van der Waals surface area contributed by atoms with Gasteiger partial charge in [0, 0.05) is 27.7 Å². The van der Waals surface area contributed by atoms with E-state index >= 15 is 0 Å². The summed E-state index contributed by atoms with van der Waals surface area (Å²) >= 11 is 0. The predicted molar refractivity (Wildman–Crippen MR) is 146 cm³/mol. The molecule has 0 amide bonds. The number of phosphoric acid groups is 1. The highest BCUT2D eigenvalue weighted by atomic mass is 31.2. The Hall–Kier alpha value is -1.54. The van der Waals surface area contributed by atoms with Crippen molar-refractivity contribution in [3.8, 4) is 22.6 Å². The molecule has 0 unspecified atom stereocenters. The summed E-state index contributed by atoms with van der Waals surface area (Å²) < 4.78 is 33.8. The lowest BCUT2D eigenvalue weighted by Crippen LogP contribution is -2.32. The van der Waals surface area contributed by atoms with Crippen molar-refractivity contribution in [1.29, 1.82) is 0 Å². The van der Waals surface area contributed by atoms with Crippen LogP contribution < -0.4 is 9.47 Å². The molecule has 0 radical (unpaired) electrons. The number of ether oxygens (including phenoxy) is 2. The van der Waals surface area contributed by atoms with Gasteiger partial charge in [-0.15, -0.1) is 0 Å². The third kappa shape index (κ3) is 12.2. The summed E-state index contributed by atoms with van der Waals surface area (Å²) in [5.41, 5.74) is 3.08. The molecule has 210 valence electrons. The normalized spacial score (nSPS) is 12.2. The van der Waals surface area contributed by atoms with Gasteiger partial charge in [0.25, 0.3) is 0 Å². The Morgan fingerprint density at radius 2 is 1.49 bits per heavy atom. The zero-order chi connectivity index (χ0) is 28.4. The van der Waals surface area contributed by atoms with E-state index in [0.29, 0.717) is 23.5 Å². The van der Waals surface area contributed by atoms with Gasteiger partial charge < -0.3 is 29.0 Å². The van der Waals surface area contributed by atoms with Crippen molar-refractivity contribution >= 4 is 16.4 Å². The Morgan fingerprint density at radius 3 is 1.97 bits per heavy atom. The van der Waals surface area contributed by atoms with Crippen LogP contribution >= 0.6 is 16.4 Å². The van der Waals surface area contributed by atoms with Crippen LogP contribution in [0.5, 0.6) is 11.5 Å². The maximum atomic E-state index is 11.5. The van der Waals surface area contributed by atoms with Crippen molar-refractivity contribution in [3.05, 3.63) is 47.5 Å². The minimum absolute atomic E-state index is 0.295. The van der Waals surface area contributed by atoms with Gasteiger partial charge in [-0.2, -0.15) is 0 Å². The van der Waals surface area contributed by atoms with E-state index in [1.807, 2.05) is 57.2 Å². The van der Waals surface area contributed by atoms with E-state index in [1.165, 1.54) is 13.8 Å². The minimum Gasteiger partial charge on any atom is -0.462 e. The third-order valence-corrected chi connectivity index (χ3v) is 6.13. The molecule has 0 spiro atoms. The first-order valence-corrected chi connectivity index (χ1v) is 15.1. The van der Waals surface area contributed by atoms with Gasteiger partial charge in [0.1, 0.15) is 11.5 Å². The Balaban J connectivity index is 0.00000334. The van der Waals surface area contributed by atoms with Gasteiger partial charge in [0.2, 0.25) is 11.6 Å². The molecule has 0 aliphatic carbocycles. The van der Waals surface area contributed by atoms with Crippen LogP contribution in [-0.4, -0.2) is 31.1 Å². The Labute approximate surface area is 222 Å². The van der Waals surface area contributed by atoms with E-state index in [-0.39, 0.29) is 0 Å². The standard InChI is InChI=1S/C24H36O9P2.C2H6/c1-7-8-9-12-18-15-20(30-23(3,4)32-34(25)26)22(19-13-10-11-17(2)14-19)21(16-18)31-24(5,6)33-35(27,28)29;1-2/h10-11,13-16,25-26H,7-9,12H2,1-6H3,(H2,27,28,29);1-2H3. The van der Waals surface area contributed by atoms with Crippen molar-refractivity contribution in [2.75, 3.05) is 0 Å². The second-order valence-electron chi connectivity index (χ2n) is 9.22. The van der Waals surface area contributed by atoms with Gasteiger partial charge in [0.15, 0.2) is 0 Å². The molecule has 0 saturated carbocycles. The molecule has 4 N–H and O–H groups in total. The number of rotatable bonds is 13. The van der Waals surface area contributed by atoms with Crippen molar-refractivity contribution in [2.45, 2.75) is 92.6 Å². The highest BCUT2D eigenvalue weighted by Crippen LogP contribution is 2.47. The second-order valence-corrected chi connectivity index (χ2v) is 11.1. The number of aryl methyl sites for hydroxylation is 2. The summed E-state index contributed by atoms with van der Waals surface area (Å²) in [5, 5.41) is 0. The van der Waals surface area contributed by atoms with Crippen LogP contribution in [-0.2, 0) is 20.0 Å². The summed E-state index contributed by atoms with van der Waals surface area (Å²) in [6.07, 6.45) is 3.68. The highest BCUT2D eigenvalue weighted by Gasteiger charge is 2.33. The fraction of sp³-hybridized carbons (Fsp3) is 0.538. The van der Waals surface area contributed by atoms with Crippen LogP contribution in [0.25, 0.3) is 11.1 Å². The quantitative estimate of drug-likeness (QED) is 0.116. The van der Waals surface area contributed by atoms with E-state index in [1.54, 1.807) is 13.8 Å². The van der Waals surface area contributed by atoms with Crippen molar-refractivity contribution in [3.63, 3.8) is 0 Å². The van der Waals surface area contributed by atoms with Crippen LogP contribution in [0.2, 0.25) is 0 Å². The van der Waals surface area contributed by atoms with Gasteiger partial charge in [-0.3, -0.25) is 4.52 Å². The minimum atomic E-state index is -4.84. The average Bonchev–Trinajstić information content (AvgIpc) is 2.72. The number of unbranched alkanes of at least 4 members (excludes halogenated alkanes) is 2. The first-order chi connectivity index (χ1) is 17.1. The lowest BCUT2D eigenvalue weighted by molar-refractivity contribution is -0.0965. The smallest absolute Gasteiger partial charge is 0.462 e. The molecule has 2 aromatic carbocycles. The van der Waals surface area contributed by atoms with E-state index in [2.05, 4.69) is 6.92 Å². The molecule has 37 heavy (non-hydrogen) atoms. The molecule has 0 aliphatic heterocycles. The van der Waals surface area contributed by atoms with Gasteiger partial charge in [-0.25, -0.2) is 9.09 Å². The van der Waals surface area contributed by atoms with Crippen LogP contribution in [0.4, 0.5) is 0 Å². The van der Waals surface area contributed by atoms with E-state index in [0.717, 1.165) is 36.0 Å². The first kappa shape index (κ1) is 33.5. The SMILES string of the molecule is CC.CCCCCc1cc(OC(C)(C)OP(O)O)c(-c2cccc(C)c2)c(OC(C)(C)OP(=O)(O)O)c1. The molecule has 0 aromatic heterocycles. The Morgan fingerprint density at radius 1 is 0.919 bits per heavy atom. The Kier molecular flexibility index (Phi) is 13.2. The van der Waals surface area contributed by atoms with Crippen LogP contribution in [0.1, 0.15) is 78.9 Å². The molecule has 0 heterocycles. The summed E-state index contributed by atoms with van der Waals surface area (Å²) in [6, 6.07) is 11.2. The molecule has 0 bridgehead atoms. The number of hydrogen-bond donors (Lipinski definition) is 4. The van der Waals surface area contributed by atoms with Crippen molar-refractivity contribution in [1.82, 2.24) is 0 Å². The largest absolute Gasteiger partial charge is 0.472 e. The lowest BCUT2D eigenvalue weighted by Gasteiger charge is -2.31. The number of benzene rings is 2. The number of phosphoric ester groups is 1. The topological polar surface area (TPSA) is 135 Å². The molecule has 0 fully saturated rings. The van der Waals surface area contributed by atoms with Crippen LogP contribution in [0.3, 0.4) is 0 Å². The van der Waals surface area contributed by atoms with Gasteiger partial charge in [-0.05, 0) is 43.0 Å². The first-order valence-electron chi connectivity index (χ1n) is 12.4. The monoisotopic (exact) mass is 560 g/mol. The summed E-state index contributed by atoms with van der Waals surface area (Å²) in [6.45, 7) is 14.0. The maximum Gasteiger partial charge on any atom is 0.472 e. The molecule has 2 aromatic rings. The van der Waals surface area contributed by atoms with Crippen LogP contribution in [0.15, 0.2) is 36.4 Å². The van der Waals surface area contributed by atoms with E-state index < -0.39 is 28.0 Å². The summed E-state index contributed by atoms with van der Waals surface area (Å²) in [7, 11) is -7.53. The molecule has 11 heteroatoms. The molecular formula is C26H42O9P2. The lowest BCUT2D eigenvalue weighted by atomic mass is 9.97. The third-order valence-electron chi connectivity index (χ3n) is 4.85. The van der Waals surface area contributed by atoms with Crippen molar-refractivity contribution < 1.29 is 42.7 Å². The summed E-state index contributed by atoms with van der Waals surface area (Å²) in [5.74, 6) is -2.42. The molecule has 2 rings (SSSR count). The maximum absolute atomic E-state index is 11.5. The second kappa shape index (κ2) is 14.6. The van der Waals surface area contributed by atoms with Gasteiger partial charge in [-0.1, -0.05) is 63.4 Å². The van der Waals surface area contributed by atoms with Crippen molar-refractivity contribution in [2.24, 2.45) is 0 Å². The van der Waals surface area contributed by atoms with Gasteiger partial charge in [0.05, 0.1) is 5.56 Å². The molecule has 9 nitrogen and oxygen atoms in total. The Bertz CT molecular complexity index is 1030. The fourth-order valence-corrected chi connectivity index (χ4v) is 4.70. The molecule has 0 aliphatic rings.